The first-order chi connectivity index (χ1) is 9.29. The zero-order valence-corrected chi connectivity index (χ0v) is 14.9. The first-order valence-electron chi connectivity index (χ1n) is 8.79. The van der Waals surface area contributed by atoms with Crippen molar-refractivity contribution in [1.29, 1.82) is 0 Å². The molecule has 0 radical (unpaired) electrons. The molecule has 1 N–H and O–H groups in total. The van der Waals surface area contributed by atoms with E-state index in [1.165, 1.54) is 51.6 Å². The molecule has 1 saturated carbocycles. The molecule has 0 spiro atoms. The van der Waals surface area contributed by atoms with Gasteiger partial charge >= 0.3 is 0 Å². The molecule has 1 atom stereocenters. The Hall–Kier alpha value is -0.0800. The lowest BCUT2D eigenvalue weighted by molar-refractivity contribution is 0.0932. The number of rotatable bonds is 7. The number of hydrogen-bond acceptors (Lipinski definition) is 2. The van der Waals surface area contributed by atoms with Crippen LogP contribution in [-0.2, 0) is 0 Å². The summed E-state index contributed by atoms with van der Waals surface area (Å²) in [6, 6.07) is 0.842. The van der Waals surface area contributed by atoms with Gasteiger partial charge in [-0.2, -0.15) is 0 Å². The molecule has 20 heavy (non-hydrogen) atoms. The van der Waals surface area contributed by atoms with E-state index in [0.29, 0.717) is 5.41 Å². The van der Waals surface area contributed by atoms with E-state index in [-0.39, 0.29) is 5.54 Å². The van der Waals surface area contributed by atoms with Crippen LogP contribution in [0.2, 0.25) is 0 Å². The molecule has 0 amide bonds. The standard InChI is InChI=1S/C18H38N2/c1-7-18(6,14-19-17(3,4)5)15-20(8-2)16-12-10-9-11-13-16/h16,19H,7-15H2,1-6H3. The van der Waals surface area contributed by atoms with E-state index in [2.05, 4.69) is 51.8 Å². The highest BCUT2D eigenvalue weighted by Gasteiger charge is 2.29. The van der Waals surface area contributed by atoms with Gasteiger partial charge in [0.2, 0.25) is 0 Å². The Bertz CT molecular complexity index is 263. The summed E-state index contributed by atoms with van der Waals surface area (Å²) in [6.07, 6.45) is 8.40. The molecule has 2 nitrogen and oxygen atoms in total. The first kappa shape index (κ1) is 18.0. The molecule has 1 rings (SSSR count). The van der Waals surface area contributed by atoms with Crippen LogP contribution in [0.1, 0.15) is 80.1 Å². The highest BCUT2D eigenvalue weighted by Crippen LogP contribution is 2.28. The van der Waals surface area contributed by atoms with Crippen LogP contribution in [0.15, 0.2) is 0 Å². The lowest BCUT2D eigenvalue weighted by Gasteiger charge is -2.41. The van der Waals surface area contributed by atoms with Crippen molar-refractivity contribution in [2.75, 3.05) is 19.6 Å². The van der Waals surface area contributed by atoms with E-state index in [1.54, 1.807) is 0 Å². The van der Waals surface area contributed by atoms with Gasteiger partial charge in [0.05, 0.1) is 0 Å². The lowest BCUT2D eigenvalue weighted by Crippen LogP contribution is -2.49. The Labute approximate surface area is 127 Å². The van der Waals surface area contributed by atoms with Crippen LogP contribution in [0.5, 0.6) is 0 Å². The minimum atomic E-state index is 0.221. The lowest BCUT2D eigenvalue weighted by atomic mass is 9.84. The van der Waals surface area contributed by atoms with E-state index in [9.17, 15) is 0 Å². The Morgan fingerprint density at radius 2 is 1.60 bits per heavy atom. The molecule has 0 aromatic carbocycles. The predicted molar refractivity (Wildman–Crippen MR) is 90.3 cm³/mol. The Kier molecular flexibility index (Phi) is 7.00. The second-order valence-electron chi connectivity index (χ2n) is 8.12. The summed E-state index contributed by atoms with van der Waals surface area (Å²) in [7, 11) is 0. The molecule has 2 heteroatoms. The van der Waals surface area contributed by atoms with Crippen LogP contribution in [0, 0.1) is 5.41 Å². The van der Waals surface area contributed by atoms with E-state index in [4.69, 9.17) is 0 Å². The van der Waals surface area contributed by atoms with Crippen molar-refractivity contribution in [2.24, 2.45) is 5.41 Å². The summed E-state index contributed by atoms with van der Waals surface area (Å²) >= 11 is 0. The largest absolute Gasteiger partial charge is 0.311 e. The Morgan fingerprint density at radius 1 is 1.00 bits per heavy atom. The summed E-state index contributed by atoms with van der Waals surface area (Å²) < 4.78 is 0. The van der Waals surface area contributed by atoms with E-state index in [1.807, 2.05) is 0 Å². The van der Waals surface area contributed by atoms with Gasteiger partial charge in [-0.25, -0.2) is 0 Å². The van der Waals surface area contributed by atoms with Crippen LogP contribution < -0.4 is 5.32 Å². The average molecular weight is 283 g/mol. The summed E-state index contributed by atoms with van der Waals surface area (Å²) in [4.78, 5) is 2.76. The number of nitrogens with one attached hydrogen (secondary N) is 1. The van der Waals surface area contributed by atoms with Gasteiger partial charge in [-0.3, -0.25) is 0 Å². The van der Waals surface area contributed by atoms with E-state index in [0.717, 1.165) is 12.6 Å². The van der Waals surface area contributed by atoms with E-state index < -0.39 is 0 Å². The second kappa shape index (κ2) is 7.79. The number of nitrogens with zero attached hydrogens (tertiary/aromatic N) is 1. The molecule has 120 valence electrons. The fourth-order valence-electron chi connectivity index (χ4n) is 3.21. The number of hydrogen-bond donors (Lipinski definition) is 1. The smallest absolute Gasteiger partial charge is 0.00967 e. The normalized spacial score (nSPS) is 21.1. The van der Waals surface area contributed by atoms with Crippen molar-refractivity contribution >= 4 is 0 Å². The van der Waals surface area contributed by atoms with Gasteiger partial charge in [0.25, 0.3) is 0 Å². The zero-order chi connectivity index (χ0) is 15.2. The molecule has 0 bridgehead atoms. The second-order valence-corrected chi connectivity index (χ2v) is 8.12. The third kappa shape index (κ3) is 6.13. The molecule has 1 fully saturated rings. The van der Waals surface area contributed by atoms with Crippen LogP contribution in [-0.4, -0.2) is 36.1 Å². The van der Waals surface area contributed by atoms with Crippen molar-refractivity contribution in [3.8, 4) is 0 Å². The molecular weight excluding hydrogens is 244 g/mol. The molecule has 0 aliphatic heterocycles. The maximum Gasteiger partial charge on any atom is 0.00967 e. The molecule has 1 aliphatic rings. The van der Waals surface area contributed by atoms with Gasteiger partial charge in [-0.1, -0.05) is 40.0 Å². The van der Waals surface area contributed by atoms with Crippen molar-refractivity contribution < 1.29 is 0 Å². The SMILES string of the molecule is CCN(CC(C)(CC)CNC(C)(C)C)C1CCCCC1. The van der Waals surface area contributed by atoms with Crippen molar-refractivity contribution in [1.82, 2.24) is 10.2 Å². The van der Waals surface area contributed by atoms with Gasteiger partial charge in [0.15, 0.2) is 0 Å². The minimum absolute atomic E-state index is 0.221. The maximum absolute atomic E-state index is 3.72. The van der Waals surface area contributed by atoms with Crippen LogP contribution in [0.3, 0.4) is 0 Å². The molecule has 0 heterocycles. The van der Waals surface area contributed by atoms with Gasteiger partial charge in [0.1, 0.15) is 0 Å². The van der Waals surface area contributed by atoms with Crippen LogP contribution in [0.4, 0.5) is 0 Å². The van der Waals surface area contributed by atoms with Gasteiger partial charge in [0, 0.05) is 24.7 Å². The van der Waals surface area contributed by atoms with Crippen molar-refractivity contribution in [2.45, 2.75) is 91.6 Å². The van der Waals surface area contributed by atoms with Crippen molar-refractivity contribution in [3.05, 3.63) is 0 Å². The Morgan fingerprint density at radius 3 is 2.05 bits per heavy atom. The van der Waals surface area contributed by atoms with Gasteiger partial charge < -0.3 is 10.2 Å². The van der Waals surface area contributed by atoms with Crippen LogP contribution >= 0.6 is 0 Å². The topological polar surface area (TPSA) is 15.3 Å². The third-order valence-electron chi connectivity index (χ3n) is 4.98. The maximum atomic E-state index is 3.72. The minimum Gasteiger partial charge on any atom is -0.311 e. The van der Waals surface area contributed by atoms with Crippen LogP contribution in [0.25, 0.3) is 0 Å². The third-order valence-corrected chi connectivity index (χ3v) is 4.98. The molecule has 0 saturated heterocycles. The molecule has 0 aromatic heterocycles. The summed E-state index contributed by atoms with van der Waals surface area (Å²) in [5.74, 6) is 0. The van der Waals surface area contributed by atoms with E-state index >= 15 is 0 Å². The highest BCUT2D eigenvalue weighted by atomic mass is 15.2. The average Bonchev–Trinajstić information content (AvgIpc) is 2.43. The monoisotopic (exact) mass is 282 g/mol. The molecule has 1 unspecified atom stereocenters. The fourth-order valence-corrected chi connectivity index (χ4v) is 3.21. The highest BCUT2D eigenvalue weighted by molar-refractivity contribution is 4.86. The van der Waals surface area contributed by atoms with Gasteiger partial charge in [-0.05, 0) is 52.0 Å². The Balaban J connectivity index is 2.58. The van der Waals surface area contributed by atoms with Gasteiger partial charge in [-0.15, -0.1) is 0 Å². The fraction of sp³-hybridized carbons (Fsp3) is 1.00. The summed E-state index contributed by atoms with van der Waals surface area (Å²) in [6.45, 7) is 17.5. The predicted octanol–water partition coefficient (Wildman–Crippen LogP) is 4.45. The summed E-state index contributed by atoms with van der Waals surface area (Å²) in [5.41, 5.74) is 0.610. The van der Waals surface area contributed by atoms with Crippen molar-refractivity contribution in [3.63, 3.8) is 0 Å². The zero-order valence-electron chi connectivity index (χ0n) is 14.9. The molecule has 1 aliphatic carbocycles. The first-order valence-corrected chi connectivity index (χ1v) is 8.79. The molecule has 0 aromatic rings. The quantitative estimate of drug-likeness (QED) is 0.742. The molecular formula is C18H38N2. The summed E-state index contributed by atoms with van der Waals surface area (Å²) in [5, 5.41) is 3.72.